The number of aryl methyl sites for hydroxylation is 1. The van der Waals surface area contributed by atoms with Crippen molar-refractivity contribution in [3.8, 4) is 0 Å². The van der Waals surface area contributed by atoms with Crippen LogP contribution in [0, 0.1) is 0 Å². The van der Waals surface area contributed by atoms with Crippen molar-refractivity contribution in [2.45, 2.75) is 53.1 Å². The average Bonchev–Trinajstić information content (AvgIpc) is 3.15. The largest absolute Gasteiger partial charge is 0.352 e. The second kappa shape index (κ2) is 10.7. The molecule has 0 saturated carbocycles. The smallest absolute Gasteiger partial charge is 0.224 e. The molecule has 6 nitrogen and oxygen atoms in total. The van der Waals surface area contributed by atoms with Crippen molar-refractivity contribution in [2.75, 3.05) is 30.3 Å². The molecule has 33 heavy (non-hydrogen) atoms. The van der Waals surface area contributed by atoms with Crippen LogP contribution in [0.1, 0.15) is 40.5 Å². The van der Waals surface area contributed by atoms with Crippen molar-refractivity contribution in [3.63, 3.8) is 0 Å². The van der Waals surface area contributed by atoms with E-state index in [-0.39, 0.29) is 0 Å². The van der Waals surface area contributed by atoms with Crippen molar-refractivity contribution < 1.29 is 0 Å². The number of aromatic nitrogens is 3. The molecule has 174 valence electrons. The van der Waals surface area contributed by atoms with Crippen LogP contribution in [-0.4, -0.2) is 45.1 Å². The zero-order valence-electron chi connectivity index (χ0n) is 20.3. The molecule has 0 amide bonds. The van der Waals surface area contributed by atoms with Gasteiger partial charge in [-0.25, -0.2) is 4.98 Å². The highest BCUT2D eigenvalue weighted by atomic mass is 15.2. The number of nitrogens with zero attached hydrogens (tertiary/aromatic N) is 4. The standard InChI is InChI=1S/C27H36N6/c1-5-32(6-2)18-10-11-20(4)29-27-28-17-16-26(31-27)30-21-14-15-25-23(19-21)22-12-8-9-13-24(22)33(25)7-3/h8-9,12-17,19-20H,5-7,10-11,18H2,1-4H3,(H2,28,29,30,31). The Balaban J connectivity index is 1.45. The maximum atomic E-state index is 4.70. The molecule has 0 aliphatic heterocycles. The van der Waals surface area contributed by atoms with Crippen LogP contribution < -0.4 is 10.6 Å². The van der Waals surface area contributed by atoms with E-state index in [4.69, 9.17) is 4.98 Å². The van der Waals surface area contributed by atoms with Gasteiger partial charge >= 0.3 is 0 Å². The van der Waals surface area contributed by atoms with E-state index in [0.717, 1.165) is 44.1 Å². The molecule has 2 N–H and O–H groups in total. The van der Waals surface area contributed by atoms with Crippen LogP contribution in [-0.2, 0) is 6.54 Å². The third-order valence-corrected chi connectivity index (χ3v) is 6.40. The minimum atomic E-state index is 0.326. The molecule has 4 rings (SSSR count). The minimum Gasteiger partial charge on any atom is -0.352 e. The van der Waals surface area contributed by atoms with E-state index in [1.165, 1.54) is 28.2 Å². The molecule has 0 fully saturated rings. The van der Waals surface area contributed by atoms with Crippen LogP contribution in [0.25, 0.3) is 21.8 Å². The minimum absolute atomic E-state index is 0.326. The van der Waals surface area contributed by atoms with Crippen molar-refractivity contribution in [1.29, 1.82) is 0 Å². The van der Waals surface area contributed by atoms with Gasteiger partial charge in [-0.2, -0.15) is 4.98 Å². The zero-order valence-corrected chi connectivity index (χ0v) is 20.3. The third-order valence-electron chi connectivity index (χ3n) is 6.40. The Kier molecular flexibility index (Phi) is 7.45. The number of hydrogen-bond donors (Lipinski definition) is 2. The molecule has 4 aromatic rings. The summed E-state index contributed by atoms with van der Waals surface area (Å²) in [6.07, 6.45) is 4.07. The molecular formula is C27H36N6. The fraction of sp³-hybridized carbons (Fsp3) is 0.407. The van der Waals surface area contributed by atoms with Gasteiger partial charge in [0.15, 0.2) is 0 Å². The lowest BCUT2D eigenvalue weighted by Crippen LogP contribution is -2.26. The summed E-state index contributed by atoms with van der Waals surface area (Å²) in [6.45, 7) is 13.1. The molecule has 0 aliphatic carbocycles. The molecular weight excluding hydrogens is 408 g/mol. The first kappa shape index (κ1) is 23.1. The molecule has 1 unspecified atom stereocenters. The lowest BCUT2D eigenvalue weighted by atomic mass is 10.1. The van der Waals surface area contributed by atoms with Gasteiger partial charge in [0.25, 0.3) is 0 Å². The van der Waals surface area contributed by atoms with Gasteiger partial charge in [0.1, 0.15) is 5.82 Å². The number of nitrogens with one attached hydrogen (secondary N) is 2. The Bertz CT molecular complexity index is 1190. The molecule has 2 aromatic carbocycles. The van der Waals surface area contributed by atoms with E-state index < -0.39 is 0 Å². The molecule has 0 aliphatic rings. The van der Waals surface area contributed by atoms with Crippen LogP contribution in [0.2, 0.25) is 0 Å². The second-order valence-corrected chi connectivity index (χ2v) is 8.60. The monoisotopic (exact) mass is 444 g/mol. The average molecular weight is 445 g/mol. The Morgan fingerprint density at radius 1 is 0.970 bits per heavy atom. The summed E-state index contributed by atoms with van der Waals surface area (Å²) in [5, 5.41) is 9.46. The molecule has 2 aromatic heterocycles. The molecule has 2 heterocycles. The Hall–Kier alpha value is -3.12. The number of hydrogen-bond acceptors (Lipinski definition) is 5. The predicted molar refractivity (Wildman–Crippen MR) is 141 cm³/mol. The Labute approximate surface area is 197 Å². The molecule has 1 atom stereocenters. The van der Waals surface area contributed by atoms with Crippen molar-refractivity contribution in [2.24, 2.45) is 0 Å². The van der Waals surface area contributed by atoms with E-state index >= 15 is 0 Å². The van der Waals surface area contributed by atoms with E-state index in [1.807, 2.05) is 12.3 Å². The normalized spacial score (nSPS) is 12.5. The first-order valence-electron chi connectivity index (χ1n) is 12.2. The summed E-state index contributed by atoms with van der Waals surface area (Å²) in [7, 11) is 0. The first-order valence-corrected chi connectivity index (χ1v) is 12.2. The molecule has 0 radical (unpaired) electrons. The van der Waals surface area contributed by atoms with Gasteiger partial charge in [-0.15, -0.1) is 0 Å². The van der Waals surface area contributed by atoms with E-state index in [1.54, 1.807) is 0 Å². The van der Waals surface area contributed by atoms with Crippen LogP contribution in [0.15, 0.2) is 54.7 Å². The van der Waals surface area contributed by atoms with E-state index in [2.05, 4.69) is 95.2 Å². The highest BCUT2D eigenvalue weighted by Crippen LogP contribution is 2.31. The van der Waals surface area contributed by atoms with Gasteiger partial charge < -0.3 is 20.1 Å². The number of anilines is 3. The van der Waals surface area contributed by atoms with Crippen LogP contribution >= 0.6 is 0 Å². The van der Waals surface area contributed by atoms with Crippen LogP contribution in [0.5, 0.6) is 0 Å². The third kappa shape index (κ3) is 5.28. The fourth-order valence-electron chi connectivity index (χ4n) is 4.57. The predicted octanol–water partition coefficient (Wildman–Crippen LogP) is 6.27. The van der Waals surface area contributed by atoms with Crippen molar-refractivity contribution in [1.82, 2.24) is 19.4 Å². The van der Waals surface area contributed by atoms with Gasteiger partial charge in [-0.3, -0.25) is 0 Å². The highest BCUT2D eigenvalue weighted by molar-refractivity contribution is 6.09. The van der Waals surface area contributed by atoms with Gasteiger partial charge in [0, 0.05) is 46.3 Å². The molecule has 0 bridgehead atoms. The lowest BCUT2D eigenvalue weighted by Gasteiger charge is -2.19. The maximum Gasteiger partial charge on any atom is 0.224 e. The fourth-order valence-corrected chi connectivity index (χ4v) is 4.57. The summed E-state index contributed by atoms with van der Waals surface area (Å²) in [4.78, 5) is 11.6. The van der Waals surface area contributed by atoms with Gasteiger partial charge in [-0.1, -0.05) is 32.0 Å². The summed E-state index contributed by atoms with van der Waals surface area (Å²) >= 11 is 0. The van der Waals surface area contributed by atoms with Crippen LogP contribution in [0.4, 0.5) is 17.5 Å². The zero-order chi connectivity index (χ0) is 23.2. The first-order chi connectivity index (χ1) is 16.1. The molecule has 6 heteroatoms. The van der Waals surface area contributed by atoms with Crippen LogP contribution in [0.3, 0.4) is 0 Å². The number of para-hydroxylation sites is 1. The quantitative estimate of drug-likeness (QED) is 0.285. The van der Waals surface area contributed by atoms with Crippen molar-refractivity contribution in [3.05, 3.63) is 54.7 Å². The highest BCUT2D eigenvalue weighted by Gasteiger charge is 2.11. The Morgan fingerprint density at radius 3 is 2.55 bits per heavy atom. The number of fused-ring (bicyclic) bond motifs is 3. The number of benzene rings is 2. The molecule has 0 saturated heterocycles. The van der Waals surface area contributed by atoms with Gasteiger partial charge in [0.05, 0.1) is 0 Å². The summed E-state index contributed by atoms with van der Waals surface area (Å²) in [5.74, 6) is 1.46. The van der Waals surface area contributed by atoms with E-state index in [9.17, 15) is 0 Å². The topological polar surface area (TPSA) is 58.0 Å². The van der Waals surface area contributed by atoms with Gasteiger partial charge in [-0.05, 0) is 76.7 Å². The SMILES string of the molecule is CCN(CC)CCCC(C)Nc1nccc(Nc2ccc3c(c2)c2ccccc2n3CC)n1. The number of rotatable bonds is 11. The van der Waals surface area contributed by atoms with Gasteiger partial charge in [0.2, 0.25) is 5.95 Å². The molecule has 0 spiro atoms. The summed E-state index contributed by atoms with van der Waals surface area (Å²) in [6, 6.07) is 17.4. The Morgan fingerprint density at radius 2 is 1.76 bits per heavy atom. The lowest BCUT2D eigenvalue weighted by molar-refractivity contribution is 0.295. The summed E-state index contributed by atoms with van der Waals surface area (Å²) < 4.78 is 2.36. The van der Waals surface area contributed by atoms with E-state index in [0.29, 0.717) is 12.0 Å². The summed E-state index contributed by atoms with van der Waals surface area (Å²) in [5.41, 5.74) is 3.56. The van der Waals surface area contributed by atoms with Crippen molar-refractivity contribution >= 4 is 39.3 Å². The maximum absolute atomic E-state index is 4.70. The second-order valence-electron chi connectivity index (χ2n) is 8.60.